The van der Waals surface area contributed by atoms with Crippen LogP contribution in [0.3, 0.4) is 0 Å². The number of rotatable bonds is 23. The maximum absolute atomic E-state index is 14.6. The lowest BCUT2D eigenvalue weighted by Crippen LogP contribution is -2.70. The van der Waals surface area contributed by atoms with E-state index in [0.717, 1.165) is 73.5 Å². The molecule has 0 unspecified atom stereocenters. The number of fused-ring (bicyclic) bond motifs is 3. The summed E-state index contributed by atoms with van der Waals surface area (Å²) in [5.74, 6) is 0.830. The van der Waals surface area contributed by atoms with E-state index in [1.807, 2.05) is 37.3 Å². The summed E-state index contributed by atoms with van der Waals surface area (Å²) in [4.78, 5) is 24.5. The van der Waals surface area contributed by atoms with Crippen LogP contribution in [-0.4, -0.2) is 110 Å². The zero-order chi connectivity index (χ0) is 41.2. The molecule has 1 saturated carbocycles. The average molecular weight is 816 g/mol. The van der Waals surface area contributed by atoms with E-state index in [9.17, 15) is 15.0 Å². The monoisotopic (exact) mass is 815 g/mol. The largest absolute Gasteiger partial charge is 0.492 e. The molecule has 2 N–H and O–H groups in total. The van der Waals surface area contributed by atoms with Gasteiger partial charge < -0.3 is 43.5 Å². The summed E-state index contributed by atoms with van der Waals surface area (Å²) in [5, 5.41) is 24.6. The second kappa shape index (κ2) is 20.1. The summed E-state index contributed by atoms with van der Waals surface area (Å²) in [6.07, 6.45) is 10.7. The molecule has 3 aliphatic heterocycles. The molecule has 7 rings (SSSR count). The Labute approximate surface area is 348 Å². The quantitative estimate of drug-likeness (QED) is 0.0520. The highest BCUT2D eigenvalue weighted by molar-refractivity contribution is 6.03. The van der Waals surface area contributed by atoms with Gasteiger partial charge in [0.1, 0.15) is 30.8 Å². The average Bonchev–Trinajstić information content (AvgIpc) is 3.96. The molecule has 3 heterocycles. The summed E-state index contributed by atoms with van der Waals surface area (Å²) in [6.45, 7) is 14.6. The molecular weight excluding hydrogens is 755 g/mol. The smallest absolute Gasteiger partial charge is 0.410 e. The molecular formula is C46H61N3O10. The highest BCUT2D eigenvalue weighted by atomic mass is 16.7. The SMILES string of the molecule is C=CCCOC(=O)N(Cc1ccc2c(c1)OCO2)[C@H]1CC(=NOCC)C2=C[C@H](CCCCO)[C@@H](CCCCO)[C@@H]3c4cc(OCCN5CC5)ccc4O[C@@]1(OCC=C)[C@H]23. The van der Waals surface area contributed by atoms with E-state index < -0.39 is 23.8 Å². The fourth-order valence-electron chi connectivity index (χ4n) is 9.32. The predicted molar refractivity (Wildman–Crippen MR) is 223 cm³/mol. The standard InChI is InChI=1S/C46H61N3O10/c1-4-7-24-54-45(52)49(30-32-14-16-40-41(26-32)56-31-55-40)42-29-38(47-58-6-3)36-27-33(12-8-10-21-50)35(13-9-11-22-51)43-37-28-34(53-25-20-48-18-19-48)15-17-39(37)59-46(42,44(36)43)57-23-5-2/h4-5,14-17,26-28,33,35,42-44,50-51H,1-2,6-13,18-25,29-31H2,3H3/t33-,35+,42-,43+,44+,46+/m0/s1. The number of hydrogen-bond acceptors (Lipinski definition) is 12. The van der Waals surface area contributed by atoms with E-state index >= 15 is 0 Å². The Bertz CT molecular complexity index is 1830. The minimum absolute atomic E-state index is 0.0881. The van der Waals surface area contributed by atoms with Gasteiger partial charge in [0.05, 0.1) is 24.8 Å². The lowest BCUT2D eigenvalue weighted by atomic mass is 9.55. The van der Waals surface area contributed by atoms with Crippen LogP contribution in [0.15, 0.2) is 78.5 Å². The van der Waals surface area contributed by atoms with Crippen molar-refractivity contribution in [2.75, 3.05) is 66.1 Å². The number of carbonyl (C=O) groups excluding carboxylic acids is 1. The van der Waals surface area contributed by atoms with Crippen molar-refractivity contribution >= 4 is 11.8 Å². The van der Waals surface area contributed by atoms with E-state index in [2.05, 4.69) is 30.2 Å². The van der Waals surface area contributed by atoms with Crippen LogP contribution in [0.5, 0.6) is 23.0 Å². The number of amides is 1. The number of ether oxygens (including phenoxy) is 6. The fraction of sp³-hybridized carbons (Fsp3) is 0.565. The van der Waals surface area contributed by atoms with E-state index in [1.165, 1.54) is 0 Å². The normalized spacial score (nSPS) is 25.6. The Morgan fingerprint density at radius 1 is 1.00 bits per heavy atom. The molecule has 1 amide bonds. The first-order chi connectivity index (χ1) is 28.9. The summed E-state index contributed by atoms with van der Waals surface area (Å²) < 4.78 is 38.2. The number of carbonyl (C=O) groups is 1. The van der Waals surface area contributed by atoms with Gasteiger partial charge in [-0.2, -0.15) is 0 Å². The molecule has 0 bridgehead atoms. The molecule has 0 radical (unpaired) electrons. The number of aliphatic hydroxyl groups excluding tert-OH is 2. The van der Waals surface area contributed by atoms with E-state index in [1.54, 1.807) is 17.1 Å². The fourth-order valence-corrected chi connectivity index (χ4v) is 9.32. The molecule has 13 heteroatoms. The van der Waals surface area contributed by atoms with Gasteiger partial charge >= 0.3 is 6.09 Å². The molecule has 320 valence electrons. The maximum Gasteiger partial charge on any atom is 0.410 e. The summed E-state index contributed by atoms with van der Waals surface area (Å²) in [5.41, 5.74) is 3.51. The van der Waals surface area contributed by atoms with Gasteiger partial charge in [-0.15, -0.1) is 13.2 Å². The summed E-state index contributed by atoms with van der Waals surface area (Å²) in [7, 11) is 0. The highest BCUT2D eigenvalue weighted by Gasteiger charge is 2.65. The minimum atomic E-state index is -1.43. The van der Waals surface area contributed by atoms with Gasteiger partial charge in [-0.05, 0) is 92.3 Å². The van der Waals surface area contributed by atoms with Crippen molar-refractivity contribution in [1.82, 2.24) is 9.80 Å². The third-order valence-corrected chi connectivity index (χ3v) is 12.1. The molecule has 13 nitrogen and oxygen atoms in total. The van der Waals surface area contributed by atoms with Gasteiger partial charge in [-0.25, -0.2) is 4.79 Å². The molecule has 0 spiro atoms. The number of benzene rings is 2. The third-order valence-electron chi connectivity index (χ3n) is 12.1. The van der Waals surface area contributed by atoms with Crippen LogP contribution in [-0.2, 0) is 20.9 Å². The Balaban J connectivity index is 1.41. The number of unbranched alkanes of at least 4 members (excludes halogenated alkanes) is 2. The zero-order valence-electron chi connectivity index (χ0n) is 34.4. The molecule has 0 aromatic heterocycles. The van der Waals surface area contributed by atoms with Crippen LogP contribution in [0, 0.1) is 17.8 Å². The van der Waals surface area contributed by atoms with Crippen molar-refractivity contribution in [2.24, 2.45) is 22.9 Å². The van der Waals surface area contributed by atoms with Crippen LogP contribution in [0.2, 0.25) is 0 Å². The summed E-state index contributed by atoms with van der Waals surface area (Å²) >= 11 is 0. The van der Waals surface area contributed by atoms with Crippen LogP contribution in [0.1, 0.15) is 75.3 Å². The Kier molecular flexibility index (Phi) is 14.5. The molecule has 6 atom stereocenters. The molecule has 2 aliphatic carbocycles. The zero-order valence-corrected chi connectivity index (χ0v) is 34.4. The highest BCUT2D eigenvalue weighted by Crippen LogP contribution is 2.62. The molecule has 59 heavy (non-hydrogen) atoms. The second-order valence-electron chi connectivity index (χ2n) is 15.9. The van der Waals surface area contributed by atoms with Crippen molar-refractivity contribution in [3.8, 4) is 23.0 Å². The van der Waals surface area contributed by atoms with Crippen molar-refractivity contribution < 1.29 is 48.3 Å². The summed E-state index contributed by atoms with van der Waals surface area (Å²) in [6, 6.07) is 11.0. The van der Waals surface area contributed by atoms with E-state index in [0.29, 0.717) is 49.7 Å². The Hall–Kier alpha value is -4.56. The van der Waals surface area contributed by atoms with Crippen molar-refractivity contribution in [2.45, 2.75) is 82.6 Å². The van der Waals surface area contributed by atoms with Crippen LogP contribution < -0.4 is 18.9 Å². The number of nitrogens with zero attached hydrogens (tertiary/aromatic N) is 3. The van der Waals surface area contributed by atoms with Gasteiger partial charge in [-0.3, -0.25) is 9.80 Å². The van der Waals surface area contributed by atoms with E-state index in [-0.39, 0.29) is 63.9 Å². The molecule has 1 saturated heterocycles. The van der Waals surface area contributed by atoms with Gasteiger partial charge in [0.2, 0.25) is 12.6 Å². The number of allylic oxidation sites excluding steroid dienone is 1. The van der Waals surface area contributed by atoms with E-state index in [4.69, 9.17) is 38.4 Å². The number of oxime groups is 1. The molecule has 2 aromatic rings. The van der Waals surface area contributed by atoms with Gasteiger partial charge in [0.15, 0.2) is 11.5 Å². The lowest BCUT2D eigenvalue weighted by Gasteiger charge is -2.59. The lowest BCUT2D eigenvalue weighted by molar-refractivity contribution is -0.256. The van der Waals surface area contributed by atoms with Crippen LogP contribution in [0.4, 0.5) is 4.79 Å². The topological polar surface area (TPSA) is 141 Å². The Morgan fingerprint density at radius 2 is 1.80 bits per heavy atom. The van der Waals surface area contributed by atoms with Crippen LogP contribution in [0.25, 0.3) is 0 Å². The first-order valence-electron chi connectivity index (χ1n) is 21.4. The maximum atomic E-state index is 14.6. The predicted octanol–water partition coefficient (Wildman–Crippen LogP) is 6.98. The van der Waals surface area contributed by atoms with Crippen molar-refractivity contribution in [3.63, 3.8) is 0 Å². The van der Waals surface area contributed by atoms with Gasteiger partial charge in [0.25, 0.3) is 0 Å². The first kappa shape index (κ1) is 42.6. The molecule has 2 fully saturated rings. The number of aliphatic hydroxyl groups is 2. The third kappa shape index (κ3) is 9.59. The van der Waals surface area contributed by atoms with Crippen molar-refractivity contribution in [1.29, 1.82) is 0 Å². The molecule has 2 aromatic carbocycles. The van der Waals surface area contributed by atoms with Gasteiger partial charge in [-0.1, -0.05) is 42.3 Å². The second-order valence-corrected chi connectivity index (χ2v) is 15.9. The Morgan fingerprint density at radius 3 is 2.56 bits per heavy atom. The molecule has 5 aliphatic rings. The minimum Gasteiger partial charge on any atom is -0.492 e. The van der Waals surface area contributed by atoms with Gasteiger partial charge in [0, 0.05) is 57.3 Å². The number of hydrogen-bond donors (Lipinski definition) is 2. The van der Waals surface area contributed by atoms with Crippen molar-refractivity contribution in [3.05, 3.63) is 84.5 Å². The van der Waals surface area contributed by atoms with Crippen LogP contribution >= 0.6 is 0 Å². The first-order valence-corrected chi connectivity index (χ1v) is 21.4.